The van der Waals surface area contributed by atoms with Crippen LogP contribution in [-0.4, -0.2) is 22.4 Å². The number of ether oxygens (including phenoxy) is 1. The first-order valence-corrected chi connectivity index (χ1v) is 8.50. The molecule has 0 amide bonds. The first-order valence-electron chi connectivity index (χ1n) is 7.31. The van der Waals surface area contributed by atoms with Gasteiger partial charge in [0, 0.05) is 23.6 Å². The molecule has 0 radical (unpaired) electrons. The number of halogens is 1. The fourth-order valence-corrected chi connectivity index (χ4v) is 3.11. The number of phenols is 1. The Kier molecular flexibility index (Phi) is 5.17. The zero-order chi connectivity index (χ0) is 16.9. The maximum atomic E-state index is 10.1. The minimum atomic E-state index is 0.137. The molecular weight excluding hydrogens is 346 g/mol. The number of hydrogen-bond acceptors (Lipinski definition) is 6. The molecule has 2 N–H and O–H groups in total. The average Bonchev–Trinajstić information content (AvgIpc) is 3.03. The highest BCUT2D eigenvalue weighted by atomic mass is 35.5. The van der Waals surface area contributed by atoms with Crippen LogP contribution in [0, 0.1) is 0 Å². The molecule has 24 heavy (non-hydrogen) atoms. The van der Waals surface area contributed by atoms with Crippen molar-refractivity contribution >= 4 is 28.1 Å². The zero-order valence-corrected chi connectivity index (χ0v) is 14.6. The number of hydrogen-bond donors (Lipinski definition) is 2. The van der Waals surface area contributed by atoms with Gasteiger partial charge in [0.25, 0.3) is 0 Å². The van der Waals surface area contributed by atoms with E-state index in [0.717, 1.165) is 21.2 Å². The van der Waals surface area contributed by atoms with Crippen LogP contribution < -0.4 is 10.1 Å². The van der Waals surface area contributed by atoms with Crippen LogP contribution >= 0.6 is 22.9 Å². The van der Waals surface area contributed by atoms with Gasteiger partial charge in [0.15, 0.2) is 11.5 Å². The quantitative estimate of drug-likeness (QED) is 0.691. The summed E-state index contributed by atoms with van der Waals surface area (Å²) in [5.41, 5.74) is 1.87. The maximum Gasteiger partial charge on any atom is 0.205 e. The van der Waals surface area contributed by atoms with Crippen molar-refractivity contribution in [2.75, 3.05) is 12.4 Å². The Hall–Kier alpha value is -2.31. The van der Waals surface area contributed by atoms with Crippen molar-refractivity contribution in [3.05, 3.63) is 63.6 Å². The van der Waals surface area contributed by atoms with Gasteiger partial charge >= 0.3 is 0 Å². The number of phenolic OH excluding ortho intramolecular Hbond substituents is 1. The summed E-state index contributed by atoms with van der Waals surface area (Å²) in [7, 11) is 1.53. The number of rotatable bonds is 6. The number of nitrogens with one attached hydrogen (secondary N) is 1. The van der Waals surface area contributed by atoms with Gasteiger partial charge in [0.05, 0.1) is 7.11 Å². The Morgan fingerprint density at radius 3 is 2.71 bits per heavy atom. The van der Waals surface area contributed by atoms with Crippen LogP contribution in [0.3, 0.4) is 0 Å². The molecule has 124 valence electrons. The van der Waals surface area contributed by atoms with E-state index >= 15 is 0 Å². The van der Waals surface area contributed by atoms with Crippen LogP contribution in [0.2, 0.25) is 5.02 Å². The number of nitrogens with zero attached hydrogens (tertiary/aromatic N) is 2. The summed E-state index contributed by atoms with van der Waals surface area (Å²) >= 11 is 7.38. The van der Waals surface area contributed by atoms with Crippen molar-refractivity contribution in [3.8, 4) is 11.5 Å². The molecule has 0 aliphatic heterocycles. The predicted octanol–water partition coefficient (Wildman–Crippen LogP) is 4.11. The van der Waals surface area contributed by atoms with Gasteiger partial charge in [-0.1, -0.05) is 47.2 Å². The molecule has 3 rings (SSSR count). The number of methoxy groups -OCH3 is 1. The number of aromatic hydroxyl groups is 1. The Balaban J connectivity index is 1.63. The highest BCUT2D eigenvalue weighted by Crippen LogP contribution is 2.30. The van der Waals surface area contributed by atoms with Gasteiger partial charge in [0.2, 0.25) is 5.13 Å². The van der Waals surface area contributed by atoms with E-state index in [-0.39, 0.29) is 5.75 Å². The molecule has 0 saturated carbocycles. The Labute approximate surface area is 148 Å². The molecule has 7 heteroatoms. The van der Waals surface area contributed by atoms with Crippen molar-refractivity contribution in [3.63, 3.8) is 0 Å². The molecule has 3 aromatic rings. The van der Waals surface area contributed by atoms with E-state index in [4.69, 9.17) is 16.3 Å². The summed E-state index contributed by atoms with van der Waals surface area (Å²) in [6.07, 6.45) is 0.709. The number of benzene rings is 2. The average molecular weight is 362 g/mol. The van der Waals surface area contributed by atoms with Crippen molar-refractivity contribution in [2.45, 2.75) is 13.0 Å². The molecule has 5 nitrogen and oxygen atoms in total. The summed E-state index contributed by atoms with van der Waals surface area (Å²) in [5, 5.41) is 23.9. The lowest BCUT2D eigenvalue weighted by molar-refractivity contribution is 0.371. The SMILES string of the molecule is COc1cccc(CNc2nnc(Cc3ccc(Cl)cc3)s2)c1O. The van der Waals surface area contributed by atoms with E-state index in [0.29, 0.717) is 23.8 Å². The monoisotopic (exact) mass is 361 g/mol. The number of aromatic nitrogens is 2. The molecule has 2 aromatic carbocycles. The normalized spacial score (nSPS) is 10.6. The maximum absolute atomic E-state index is 10.1. The standard InChI is InChI=1S/C17H16ClN3O2S/c1-23-14-4-2-3-12(16(14)22)10-19-17-21-20-15(24-17)9-11-5-7-13(18)8-6-11/h2-8,22H,9-10H2,1H3,(H,19,21). The zero-order valence-electron chi connectivity index (χ0n) is 13.0. The topological polar surface area (TPSA) is 67.3 Å². The van der Waals surface area contributed by atoms with Crippen LogP contribution in [0.5, 0.6) is 11.5 Å². The van der Waals surface area contributed by atoms with Crippen LogP contribution in [0.4, 0.5) is 5.13 Å². The van der Waals surface area contributed by atoms with E-state index in [2.05, 4.69) is 15.5 Å². The summed E-state index contributed by atoms with van der Waals surface area (Å²) in [4.78, 5) is 0. The van der Waals surface area contributed by atoms with E-state index in [1.54, 1.807) is 6.07 Å². The lowest BCUT2D eigenvalue weighted by Crippen LogP contribution is -2.00. The first-order chi connectivity index (χ1) is 11.7. The molecule has 0 spiro atoms. The van der Waals surface area contributed by atoms with Crippen molar-refractivity contribution in [2.24, 2.45) is 0 Å². The van der Waals surface area contributed by atoms with Crippen molar-refractivity contribution < 1.29 is 9.84 Å². The second-order valence-corrected chi connectivity index (χ2v) is 6.62. The van der Waals surface area contributed by atoms with E-state index in [9.17, 15) is 5.11 Å². The highest BCUT2D eigenvalue weighted by Gasteiger charge is 2.09. The molecule has 1 aromatic heterocycles. The van der Waals surface area contributed by atoms with Gasteiger partial charge in [-0.15, -0.1) is 10.2 Å². The van der Waals surface area contributed by atoms with Gasteiger partial charge in [-0.3, -0.25) is 0 Å². The third-order valence-corrected chi connectivity index (χ3v) is 4.60. The molecular formula is C17H16ClN3O2S. The van der Waals surface area contributed by atoms with Crippen molar-refractivity contribution in [1.82, 2.24) is 10.2 Å². The fraction of sp³-hybridized carbons (Fsp3) is 0.176. The summed E-state index contributed by atoms with van der Waals surface area (Å²) in [6, 6.07) is 13.1. The largest absolute Gasteiger partial charge is 0.504 e. The summed E-state index contributed by atoms with van der Waals surface area (Å²) < 4.78 is 5.10. The van der Waals surface area contributed by atoms with Crippen LogP contribution in [0.1, 0.15) is 16.1 Å². The molecule has 0 aliphatic carbocycles. The van der Waals surface area contributed by atoms with E-state index in [1.165, 1.54) is 18.4 Å². The Morgan fingerprint density at radius 2 is 1.96 bits per heavy atom. The highest BCUT2D eigenvalue weighted by molar-refractivity contribution is 7.15. The van der Waals surface area contributed by atoms with E-state index < -0.39 is 0 Å². The fourth-order valence-electron chi connectivity index (χ4n) is 2.22. The van der Waals surface area contributed by atoms with Crippen molar-refractivity contribution in [1.29, 1.82) is 0 Å². The Bertz CT molecular complexity index is 821. The third kappa shape index (κ3) is 3.96. The first kappa shape index (κ1) is 16.5. The predicted molar refractivity (Wildman–Crippen MR) is 96.2 cm³/mol. The molecule has 0 atom stereocenters. The molecule has 0 saturated heterocycles. The van der Waals surface area contributed by atoms with Gasteiger partial charge in [-0.05, 0) is 23.8 Å². The summed E-state index contributed by atoms with van der Waals surface area (Å²) in [6.45, 7) is 0.443. The third-order valence-electron chi connectivity index (χ3n) is 3.47. The smallest absolute Gasteiger partial charge is 0.205 e. The molecule has 0 fully saturated rings. The second-order valence-electron chi connectivity index (χ2n) is 5.13. The minimum absolute atomic E-state index is 0.137. The Morgan fingerprint density at radius 1 is 1.17 bits per heavy atom. The van der Waals surface area contributed by atoms with E-state index in [1.807, 2.05) is 36.4 Å². The van der Waals surface area contributed by atoms with Gasteiger partial charge < -0.3 is 15.2 Å². The number of para-hydroxylation sites is 1. The lowest BCUT2D eigenvalue weighted by Gasteiger charge is -2.08. The molecule has 0 unspecified atom stereocenters. The lowest BCUT2D eigenvalue weighted by atomic mass is 10.2. The number of anilines is 1. The summed E-state index contributed by atoms with van der Waals surface area (Å²) in [5.74, 6) is 0.591. The van der Waals surface area contributed by atoms with Gasteiger partial charge in [-0.2, -0.15) is 0 Å². The molecule has 1 heterocycles. The van der Waals surface area contributed by atoms with Crippen LogP contribution in [0.15, 0.2) is 42.5 Å². The van der Waals surface area contributed by atoms with Crippen LogP contribution in [-0.2, 0) is 13.0 Å². The van der Waals surface area contributed by atoms with Crippen LogP contribution in [0.25, 0.3) is 0 Å². The van der Waals surface area contributed by atoms with Gasteiger partial charge in [0.1, 0.15) is 5.01 Å². The minimum Gasteiger partial charge on any atom is -0.504 e. The second kappa shape index (κ2) is 7.51. The molecule has 0 aliphatic rings. The molecule has 0 bridgehead atoms. The van der Waals surface area contributed by atoms with Gasteiger partial charge in [-0.25, -0.2) is 0 Å².